The summed E-state index contributed by atoms with van der Waals surface area (Å²) in [5.74, 6) is 0.120. The number of nitrogens with one attached hydrogen (secondary N) is 1. The normalized spacial score (nSPS) is 16.8. The van der Waals surface area contributed by atoms with Crippen LogP contribution in [0.2, 0.25) is 0 Å². The van der Waals surface area contributed by atoms with E-state index in [0.29, 0.717) is 37.4 Å². The molecule has 2 heterocycles. The lowest BCUT2D eigenvalue weighted by Crippen LogP contribution is -2.43. The number of aryl methyl sites for hydroxylation is 1. The molecule has 0 aliphatic carbocycles. The molecule has 1 aliphatic rings. The molecule has 1 atom stereocenters. The number of aromatic nitrogens is 2. The first-order valence-electron chi connectivity index (χ1n) is 11.2. The van der Waals surface area contributed by atoms with Crippen molar-refractivity contribution in [2.75, 3.05) is 25.5 Å². The second kappa shape index (κ2) is 10.4. The van der Waals surface area contributed by atoms with Crippen LogP contribution in [-0.4, -0.2) is 49.0 Å². The van der Waals surface area contributed by atoms with Crippen molar-refractivity contribution < 1.29 is 22.4 Å². The standard InChI is InChI=1S/C24H28N4O5S/c1-3-17-6-8-18(9-7-17)15-22-26-27-24(33-22)25-23(29)19-5-4-14-28(16-19)34(30,31)21-12-10-20(32-2)11-13-21/h6-13,19H,3-5,14-16H2,1-2H3,(H,25,27,29). The molecule has 1 aliphatic heterocycles. The summed E-state index contributed by atoms with van der Waals surface area (Å²) in [5.41, 5.74) is 2.28. The van der Waals surface area contributed by atoms with Gasteiger partial charge in [-0.25, -0.2) is 8.42 Å². The number of carbonyl (C=O) groups is 1. The van der Waals surface area contributed by atoms with Crippen LogP contribution in [0.4, 0.5) is 6.01 Å². The number of carbonyl (C=O) groups excluding carboxylic acids is 1. The van der Waals surface area contributed by atoms with Crippen LogP contribution in [0.5, 0.6) is 5.75 Å². The van der Waals surface area contributed by atoms with Crippen molar-refractivity contribution in [2.24, 2.45) is 5.92 Å². The van der Waals surface area contributed by atoms with Gasteiger partial charge in [0.05, 0.1) is 24.3 Å². The number of benzene rings is 2. The number of hydrogen-bond donors (Lipinski definition) is 1. The van der Waals surface area contributed by atoms with Gasteiger partial charge in [0.1, 0.15) is 5.75 Å². The second-order valence-corrected chi connectivity index (χ2v) is 10.2. The largest absolute Gasteiger partial charge is 0.497 e. The third kappa shape index (κ3) is 5.45. The van der Waals surface area contributed by atoms with E-state index in [1.54, 1.807) is 12.1 Å². The molecule has 0 bridgehead atoms. The molecular weight excluding hydrogens is 456 g/mol. The number of amides is 1. The lowest BCUT2D eigenvalue weighted by molar-refractivity contribution is -0.121. The number of hydrogen-bond acceptors (Lipinski definition) is 7. The fourth-order valence-corrected chi connectivity index (χ4v) is 5.45. The third-order valence-corrected chi connectivity index (χ3v) is 7.82. The topological polar surface area (TPSA) is 115 Å². The van der Waals surface area contributed by atoms with E-state index in [9.17, 15) is 13.2 Å². The molecule has 3 aromatic rings. The van der Waals surface area contributed by atoms with E-state index in [1.165, 1.54) is 29.1 Å². The number of piperidine rings is 1. The predicted octanol–water partition coefficient (Wildman–Crippen LogP) is 3.27. The minimum atomic E-state index is -3.72. The molecular formula is C24H28N4O5S. The lowest BCUT2D eigenvalue weighted by atomic mass is 9.99. The molecule has 2 aromatic carbocycles. The minimum Gasteiger partial charge on any atom is -0.497 e. The lowest BCUT2D eigenvalue weighted by Gasteiger charge is -2.30. The summed E-state index contributed by atoms with van der Waals surface area (Å²) in [7, 11) is -2.19. The molecule has 1 amide bonds. The summed E-state index contributed by atoms with van der Waals surface area (Å²) < 4.78 is 38.1. The molecule has 10 heteroatoms. The van der Waals surface area contributed by atoms with Crippen LogP contribution in [0.25, 0.3) is 0 Å². The molecule has 180 valence electrons. The van der Waals surface area contributed by atoms with Gasteiger partial charge in [-0.3, -0.25) is 10.1 Å². The number of nitrogens with zero attached hydrogens (tertiary/aromatic N) is 3. The molecule has 1 fully saturated rings. The summed E-state index contributed by atoms with van der Waals surface area (Å²) in [6.45, 7) is 2.55. The number of sulfonamides is 1. The van der Waals surface area contributed by atoms with Crippen LogP contribution in [0, 0.1) is 5.92 Å². The van der Waals surface area contributed by atoms with Crippen molar-refractivity contribution in [3.63, 3.8) is 0 Å². The summed E-state index contributed by atoms with van der Waals surface area (Å²) in [5, 5.41) is 10.6. The smallest absolute Gasteiger partial charge is 0.322 e. The van der Waals surface area contributed by atoms with E-state index in [1.807, 2.05) is 12.1 Å². The zero-order chi connectivity index (χ0) is 24.1. The highest BCUT2D eigenvalue weighted by Crippen LogP contribution is 2.26. The van der Waals surface area contributed by atoms with Crippen molar-refractivity contribution in [1.82, 2.24) is 14.5 Å². The second-order valence-electron chi connectivity index (χ2n) is 8.21. The fraction of sp³-hybridized carbons (Fsp3) is 0.375. The van der Waals surface area contributed by atoms with Crippen LogP contribution in [0.1, 0.15) is 36.8 Å². The van der Waals surface area contributed by atoms with Gasteiger partial charge in [-0.2, -0.15) is 4.31 Å². The van der Waals surface area contributed by atoms with Crippen LogP contribution < -0.4 is 10.1 Å². The van der Waals surface area contributed by atoms with Crippen LogP contribution in [-0.2, 0) is 27.7 Å². The SMILES string of the molecule is CCc1ccc(Cc2nnc(NC(=O)C3CCCN(S(=O)(=O)c4ccc(OC)cc4)C3)o2)cc1. The van der Waals surface area contributed by atoms with Gasteiger partial charge in [0.25, 0.3) is 0 Å². The van der Waals surface area contributed by atoms with Crippen molar-refractivity contribution in [1.29, 1.82) is 0 Å². The van der Waals surface area contributed by atoms with Crippen molar-refractivity contribution in [2.45, 2.75) is 37.5 Å². The number of ether oxygens (including phenoxy) is 1. The van der Waals surface area contributed by atoms with Gasteiger partial charge in [-0.1, -0.05) is 36.3 Å². The first kappa shape index (κ1) is 23.9. The molecule has 1 saturated heterocycles. The van der Waals surface area contributed by atoms with Gasteiger partial charge >= 0.3 is 6.01 Å². The molecule has 1 N–H and O–H groups in total. The molecule has 0 radical (unpaired) electrons. The van der Waals surface area contributed by atoms with E-state index < -0.39 is 15.9 Å². The first-order chi connectivity index (χ1) is 16.4. The van der Waals surface area contributed by atoms with Gasteiger partial charge in [0, 0.05) is 13.1 Å². The Labute approximate surface area is 199 Å². The number of methoxy groups -OCH3 is 1. The summed E-state index contributed by atoms with van der Waals surface area (Å²) in [4.78, 5) is 13.0. The Morgan fingerprint density at radius 2 is 1.82 bits per heavy atom. The maximum absolute atomic E-state index is 13.0. The van der Waals surface area contributed by atoms with E-state index in [4.69, 9.17) is 9.15 Å². The van der Waals surface area contributed by atoms with Crippen LogP contribution >= 0.6 is 0 Å². The van der Waals surface area contributed by atoms with Gasteiger partial charge < -0.3 is 9.15 Å². The highest BCUT2D eigenvalue weighted by Gasteiger charge is 2.33. The molecule has 0 spiro atoms. The summed E-state index contributed by atoms with van der Waals surface area (Å²) in [6, 6.07) is 14.4. The zero-order valence-electron chi connectivity index (χ0n) is 19.2. The maximum atomic E-state index is 13.0. The monoisotopic (exact) mass is 484 g/mol. The molecule has 1 unspecified atom stereocenters. The first-order valence-corrected chi connectivity index (χ1v) is 12.7. The van der Waals surface area contributed by atoms with Gasteiger partial charge in [0.2, 0.25) is 21.8 Å². The van der Waals surface area contributed by atoms with E-state index >= 15 is 0 Å². The average molecular weight is 485 g/mol. The van der Waals surface area contributed by atoms with Gasteiger partial charge in [-0.05, 0) is 54.7 Å². The highest BCUT2D eigenvalue weighted by molar-refractivity contribution is 7.89. The zero-order valence-corrected chi connectivity index (χ0v) is 20.0. The number of rotatable bonds is 8. The van der Waals surface area contributed by atoms with Crippen LogP contribution in [0.15, 0.2) is 57.8 Å². The van der Waals surface area contributed by atoms with E-state index in [-0.39, 0.29) is 23.4 Å². The quantitative estimate of drug-likeness (QED) is 0.522. The third-order valence-electron chi connectivity index (χ3n) is 5.94. The summed E-state index contributed by atoms with van der Waals surface area (Å²) in [6.07, 6.45) is 2.59. The van der Waals surface area contributed by atoms with Crippen LogP contribution in [0.3, 0.4) is 0 Å². The Morgan fingerprint density at radius 1 is 1.12 bits per heavy atom. The molecule has 0 saturated carbocycles. The highest BCUT2D eigenvalue weighted by atomic mass is 32.2. The van der Waals surface area contributed by atoms with Gasteiger partial charge in [0.15, 0.2) is 0 Å². The van der Waals surface area contributed by atoms with Crippen molar-refractivity contribution in [3.05, 3.63) is 65.5 Å². The average Bonchev–Trinajstić information content (AvgIpc) is 3.31. The molecule has 34 heavy (non-hydrogen) atoms. The molecule has 9 nitrogen and oxygen atoms in total. The Morgan fingerprint density at radius 3 is 2.50 bits per heavy atom. The molecule has 1 aromatic heterocycles. The summed E-state index contributed by atoms with van der Waals surface area (Å²) >= 11 is 0. The van der Waals surface area contributed by atoms with E-state index in [2.05, 4.69) is 34.6 Å². The Kier molecular flexibility index (Phi) is 7.28. The minimum absolute atomic E-state index is 0.0142. The Bertz CT molecular complexity index is 1220. The Balaban J connectivity index is 1.37. The predicted molar refractivity (Wildman–Crippen MR) is 126 cm³/mol. The number of anilines is 1. The van der Waals surface area contributed by atoms with E-state index in [0.717, 1.165) is 12.0 Å². The maximum Gasteiger partial charge on any atom is 0.322 e. The van der Waals surface area contributed by atoms with Crippen molar-refractivity contribution >= 4 is 21.9 Å². The molecule has 4 rings (SSSR count). The van der Waals surface area contributed by atoms with Gasteiger partial charge in [-0.15, -0.1) is 5.10 Å². The van der Waals surface area contributed by atoms with Crippen molar-refractivity contribution in [3.8, 4) is 5.75 Å². The fourth-order valence-electron chi connectivity index (χ4n) is 3.92. The Hall–Kier alpha value is -3.24.